The number of imidazole rings is 1. The standard InChI is InChI=1S/C13H10N6/c14-7-5-11-17-9-3-1-2-4-10(9)19(11)12-6-8-16-13(15)18-12/h1-4,6,8H,5H2,(H2,15,16,18). The van der Waals surface area contributed by atoms with Crippen LogP contribution < -0.4 is 5.73 Å². The van der Waals surface area contributed by atoms with E-state index in [0.717, 1.165) is 11.0 Å². The lowest BCUT2D eigenvalue weighted by Crippen LogP contribution is -2.05. The van der Waals surface area contributed by atoms with Crippen molar-refractivity contribution in [2.45, 2.75) is 6.42 Å². The molecular weight excluding hydrogens is 240 g/mol. The minimum absolute atomic E-state index is 0.193. The van der Waals surface area contributed by atoms with E-state index in [1.165, 1.54) is 0 Å². The molecule has 2 heterocycles. The highest BCUT2D eigenvalue weighted by molar-refractivity contribution is 5.77. The summed E-state index contributed by atoms with van der Waals surface area (Å²) in [6, 6.07) is 11.5. The number of nitrogen functional groups attached to an aromatic ring is 1. The van der Waals surface area contributed by atoms with Gasteiger partial charge in [-0.15, -0.1) is 0 Å². The number of benzene rings is 1. The average molecular weight is 250 g/mol. The largest absolute Gasteiger partial charge is 0.368 e. The fourth-order valence-corrected chi connectivity index (χ4v) is 2.01. The van der Waals surface area contributed by atoms with E-state index < -0.39 is 0 Å². The van der Waals surface area contributed by atoms with Crippen molar-refractivity contribution in [3.05, 3.63) is 42.4 Å². The van der Waals surface area contributed by atoms with E-state index in [2.05, 4.69) is 21.0 Å². The van der Waals surface area contributed by atoms with E-state index in [1.807, 2.05) is 28.8 Å². The highest BCUT2D eigenvalue weighted by Gasteiger charge is 2.12. The van der Waals surface area contributed by atoms with Gasteiger partial charge in [0.05, 0.1) is 23.5 Å². The molecule has 92 valence electrons. The third-order valence-electron chi connectivity index (χ3n) is 2.76. The number of hydrogen-bond donors (Lipinski definition) is 1. The number of anilines is 1. The number of aromatic nitrogens is 4. The summed E-state index contributed by atoms with van der Waals surface area (Å²) in [5, 5.41) is 8.91. The summed E-state index contributed by atoms with van der Waals surface area (Å²) in [5.41, 5.74) is 7.33. The first kappa shape index (κ1) is 11.2. The topological polar surface area (TPSA) is 93.4 Å². The number of rotatable bonds is 2. The van der Waals surface area contributed by atoms with E-state index in [1.54, 1.807) is 12.3 Å². The Morgan fingerprint density at radius 2 is 2.05 bits per heavy atom. The first-order chi connectivity index (χ1) is 9.29. The first-order valence-corrected chi connectivity index (χ1v) is 5.72. The van der Waals surface area contributed by atoms with Gasteiger partial charge >= 0.3 is 0 Å². The van der Waals surface area contributed by atoms with Gasteiger partial charge in [-0.25, -0.2) is 9.97 Å². The van der Waals surface area contributed by atoms with Crippen LogP contribution in [0.2, 0.25) is 0 Å². The van der Waals surface area contributed by atoms with Gasteiger partial charge in [-0.3, -0.25) is 4.57 Å². The molecule has 6 heteroatoms. The third kappa shape index (κ3) is 1.87. The summed E-state index contributed by atoms with van der Waals surface area (Å²) in [6.07, 6.45) is 1.79. The van der Waals surface area contributed by atoms with Crippen molar-refractivity contribution >= 4 is 17.0 Å². The molecule has 0 radical (unpaired) electrons. The van der Waals surface area contributed by atoms with Crippen LogP contribution in [-0.4, -0.2) is 19.5 Å². The Hall–Kier alpha value is -2.94. The SMILES string of the molecule is N#CCc1nc2ccccc2n1-c1ccnc(N)n1. The number of nitrogens with zero attached hydrogens (tertiary/aromatic N) is 5. The summed E-state index contributed by atoms with van der Waals surface area (Å²) in [7, 11) is 0. The van der Waals surface area contributed by atoms with Crippen molar-refractivity contribution in [1.29, 1.82) is 5.26 Å². The Labute approximate surface area is 109 Å². The average Bonchev–Trinajstić information content (AvgIpc) is 2.77. The zero-order valence-corrected chi connectivity index (χ0v) is 9.98. The fourth-order valence-electron chi connectivity index (χ4n) is 2.01. The predicted octanol–water partition coefficient (Wildman–Crippen LogP) is 1.46. The molecule has 0 atom stereocenters. The van der Waals surface area contributed by atoms with E-state index in [0.29, 0.717) is 11.6 Å². The van der Waals surface area contributed by atoms with Crippen molar-refractivity contribution in [3.63, 3.8) is 0 Å². The van der Waals surface area contributed by atoms with Crippen LogP contribution in [0.1, 0.15) is 5.82 Å². The van der Waals surface area contributed by atoms with E-state index >= 15 is 0 Å². The first-order valence-electron chi connectivity index (χ1n) is 5.72. The summed E-state index contributed by atoms with van der Waals surface area (Å²) in [4.78, 5) is 12.5. The molecule has 19 heavy (non-hydrogen) atoms. The van der Waals surface area contributed by atoms with Crippen molar-refractivity contribution in [2.75, 3.05) is 5.73 Å². The normalized spacial score (nSPS) is 10.5. The van der Waals surface area contributed by atoms with E-state index in [4.69, 9.17) is 11.0 Å². The molecular formula is C13H10N6. The quantitative estimate of drug-likeness (QED) is 0.743. The summed E-state index contributed by atoms with van der Waals surface area (Å²) in [6.45, 7) is 0. The lowest BCUT2D eigenvalue weighted by molar-refractivity contribution is 0.915. The number of fused-ring (bicyclic) bond motifs is 1. The minimum Gasteiger partial charge on any atom is -0.368 e. The van der Waals surface area contributed by atoms with Crippen molar-refractivity contribution in [1.82, 2.24) is 19.5 Å². The molecule has 0 amide bonds. The summed E-state index contributed by atoms with van der Waals surface area (Å²) in [5.74, 6) is 1.45. The Morgan fingerprint density at radius 3 is 2.84 bits per heavy atom. The number of nitriles is 1. The molecule has 3 aromatic rings. The number of para-hydroxylation sites is 2. The minimum atomic E-state index is 0.193. The predicted molar refractivity (Wildman–Crippen MR) is 70.4 cm³/mol. The van der Waals surface area contributed by atoms with Crippen LogP contribution in [0.5, 0.6) is 0 Å². The molecule has 0 spiro atoms. The Morgan fingerprint density at radius 1 is 1.21 bits per heavy atom. The molecule has 0 aliphatic carbocycles. The molecule has 0 aliphatic rings. The van der Waals surface area contributed by atoms with Gasteiger partial charge < -0.3 is 5.73 Å². The maximum Gasteiger partial charge on any atom is 0.221 e. The molecule has 1 aromatic carbocycles. The van der Waals surface area contributed by atoms with Gasteiger partial charge in [-0.1, -0.05) is 12.1 Å². The van der Waals surface area contributed by atoms with E-state index in [9.17, 15) is 0 Å². The van der Waals surface area contributed by atoms with Crippen LogP contribution in [0.4, 0.5) is 5.95 Å². The lowest BCUT2D eigenvalue weighted by atomic mass is 10.3. The van der Waals surface area contributed by atoms with Gasteiger partial charge in [0.15, 0.2) is 0 Å². The monoisotopic (exact) mass is 250 g/mol. The molecule has 2 N–H and O–H groups in total. The van der Waals surface area contributed by atoms with Crippen molar-refractivity contribution in [2.24, 2.45) is 0 Å². The molecule has 0 bridgehead atoms. The molecule has 2 aromatic heterocycles. The van der Waals surface area contributed by atoms with Gasteiger partial charge in [-0.2, -0.15) is 10.2 Å². The second-order valence-corrected chi connectivity index (χ2v) is 3.96. The molecule has 0 aliphatic heterocycles. The zero-order chi connectivity index (χ0) is 13.2. The highest BCUT2D eigenvalue weighted by Crippen LogP contribution is 2.20. The highest BCUT2D eigenvalue weighted by atomic mass is 15.2. The summed E-state index contributed by atoms with van der Waals surface area (Å²) >= 11 is 0. The molecule has 6 nitrogen and oxygen atoms in total. The molecule has 0 saturated heterocycles. The van der Waals surface area contributed by atoms with Crippen molar-refractivity contribution in [3.8, 4) is 11.9 Å². The molecule has 0 fully saturated rings. The van der Waals surface area contributed by atoms with Gasteiger partial charge in [0.1, 0.15) is 11.6 Å². The maximum atomic E-state index is 8.91. The van der Waals surface area contributed by atoms with Crippen LogP contribution in [-0.2, 0) is 6.42 Å². The van der Waals surface area contributed by atoms with Crippen LogP contribution in [0.3, 0.4) is 0 Å². The zero-order valence-electron chi connectivity index (χ0n) is 9.98. The van der Waals surface area contributed by atoms with Crippen LogP contribution in [0.15, 0.2) is 36.5 Å². The van der Waals surface area contributed by atoms with Crippen LogP contribution in [0, 0.1) is 11.3 Å². The summed E-state index contributed by atoms with van der Waals surface area (Å²) < 4.78 is 1.83. The van der Waals surface area contributed by atoms with Crippen LogP contribution in [0.25, 0.3) is 16.9 Å². The Balaban J connectivity index is 2.31. The number of hydrogen-bond acceptors (Lipinski definition) is 5. The second-order valence-electron chi connectivity index (χ2n) is 3.96. The van der Waals surface area contributed by atoms with E-state index in [-0.39, 0.29) is 12.4 Å². The Kier molecular flexibility index (Phi) is 2.58. The number of nitrogens with two attached hydrogens (primary N) is 1. The van der Waals surface area contributed by atoms with Crippen molar-refractivity contribution < 1.29 is 0 Å². The smallest absolute Gasteiger partial charge is 0.221 e. The molecule has 0 unspecified atom stereocenters. The van der Waals surface area contributed by atoms with Gasteiger partial charge in [0, 0.05) is 6.20 Å². The van der Waals surface area contributed by atoms with Crippen LogP contribution >= 0.6 is 0 Å². The fraction of sp³-hybridized carbons (Fsp3) is 0.0769. The second kappa shape index (κ2) is 4.38. The molecule has 3 rings (SSSR count). The molecule has 0 saturated carbocycles. The van der Waals surface area contributed by atoms with Gasteiger partial charge in [0.2, 0.25) is 5.95 Å². The van der Waals surface area contributed by atoms with Gasteiger partial charge in [0.25, 0.3) is 0 Å². The lowest BCUT2D eigenvalue weighted by Gasteiger charge is -2.06. The Bertz CT molecular complexity index is 783. The van der Waals surface area contributed by atoms with Gasteiger partial charge in [-0.05, 0) is 18.2 Å². The maximum absolute atomic E-state index is 8.91. The third-order valence-corrected chi connectivity index (χ3v) is 2.76.